The van der Waals surface area contributed by atoms with Gasteiger partial charge in [0, 0.05) is 80.9 Å². The lowest BCUT2D eigenvalue weighted by atomic mass is 9.49. The van der Waals surface area contributed by atoms with Gasteiger partial charge in [-0.1, -0.05) is 50.9 Å². The van der Waals surface area contributed by atoms with Crippen LogP contribution >= 0.6 is 23.2 Å². The van der Waals surface area contributed by atoms with Crippen LogP contribution in [-0.2, 0) is 9.59 Å². The van der Waals surface area contributed by atoms with Gasteiger partial charge in [-0.2, -0.15) is 5.26 Å². The van der Waals surface area contributed by atoms with Crippen LogP contribution in [0.1, 0.15) is 90.0 Å². The van der Waals surface area contributed by atoms with Crippen molar-refractivity contribution in [1.29, 1.82) is 5.26 Å². The van der Waals surface area contributed by atoms with Crippen molar-refractivity contribution in [3.63, 3.8) is 0 Å². The zero-order chi connectivity index (χ0) is 43.5. The smallest absolute Gasteiger partial charge is 0.262 e. The minimum atomic E-state index is -1.11. The molecule has 4 aliphatic heterocycles. The molecule has 2 N–H and O–H groups in total. The molecule has 1 atom stereocenters. The summed E-state index contributed by atoms with van der Waals surface area (Å²) in [6.07, 6.45) is 1.76. The van der Waals surface area contributed by atoms with E-state index in [-0.39, 0.29) is 47.7 Å². The van der Waals surface area contributed by atoms with Crippen molar-refractivity contribution in [1.82, 2.24) is 20.4 Å². The van der Waals surface area contributed by atoms with E-state index in [1.165, 1.54) is 6.07 Å². The summed E-state index contributed by atoms with van der Waals surface area (Å²) in [6, 6.07) is 13.9. The monoisotopic (exact) mass is 871 g/mol. The third kappa shape index (κ3) is 7.81. The average molecular weight is 873 g/mol. The Labute approximate surface area is 364 Å². The highest BCUT2D eigenvalue weighted by atomic mass is 35.5. The van der Waals surface area contributed by atoms with E-state index >= 15 is 4.39 Å². The number of halogens is 3. The van der Waals surface area contributed by atoms with E-state index in [1.54, 1.807) is 24.3 Å². The van der Waals surface area contributed by atoms with E-state index in [4.69, 9.17) is 27.9 Å². The van der Waals surface area contributed by atoms with Gasteiger partial charge >= 0.3 is 0 Å². The van der Waals surface area contributed by atoms with Crippen LogP contribution in [0.2, 0.25) is 10.0 Å². The summed E-state index contributed by atoms with van der Waals surface area (Å²) in [5, 5.41) is 15.3. The van der Waals surface area contributed by atoms with Crippen LogP contribution in [0.4, 0.5) is 15.8 Å². The van der Waals surface area contributed by atoms with Crippen molar-refractivity contribution in [2.24, 2.45) is 16.7 Å². The predicted molar refractivity (Wildman–Crippen MR) is 228 cm³/mol. The lowest BCUT2D eigenvalue weighted by Gasteiger charge is -2.63. The summed E-state index contributed by atoms with van der Waals surface area (Å²) in [7, 11) is 0. The Morgan fingerprint density at radius 3 is 2.16 bits per heavy atom. The molecule has 0 bridgehead atoms. The lowest BCUT2D eigenvalue weighted by Crippen LogP contribution is -2.74. The van der Waals surface area contributed by atoms with Crippen LogP contribution in [0.3, 0.4) is 0 Å². The predicted octanol–water partition coefficient (Wildman–Crippen LogP) is 6.06. The number of benzene rings is 3. The molecule has 0 radical (unpaired) electrons. The zero-order valence-corrected chi connectivity index (χ0v) is 36.0. The van der Waals surface area contributed by atoms with Crippen LogP contribution in [0.15, 0.2) is 48.5 Å². The number of anilines is 2. The van der Waals surface area contributed by atoms with Crippen molar-refractivity contribution < 1.29 is 33.1 Å². The fourth-order valence-corrected chi connectivity index (χ4v) is 10.8. The minimum absolute atomic E-state index is 0.0100. The van der Waals surface area contributed by atoms with Crippen LogP contribution in [-0.4, -0.2) is 103 Å². The number of hydrogen-bond donors (Lipinski definition) is 2. The molecule has 16 heteroatoms. The highest BCUT2D eigenvalue weighted by molar-refractivity contribution is 6.34. The van der Waals surface area contributed by atoms with Crippen LogP contribution in [0, 0.1) is 33.9 Å². The van der Waals surface area contributed by atoms with E-state index in [2.05, 4.69) is 54.2 Å². The molecular weight excluding hydrogens is 824 g/mol. The number of piperazine rings is 1. The Kier molecular flexibility index (Phi) is 11.3. The number of nitrogens with one attached hydrogen (secondary N) is 2. The molecule has 13 nitrogen and oxygen atoms in total. The SMILES string of the molecule is CC1(C)[C@H](NC(=O)c2ccc(N3CCC(CN4CCN(c5cc6c(cc5F)C(=O)N(C5CCC(=O)NC5=O)C6=O)CC4)CC3)cc2Cl)C(C)(C)[C@H]1Oc1ccc(C#N)c(Cl)c1. The summed E-state index contributed by atoms with van der Waals surface area (Å²) in [6.45, 7) is 13.3. The molecule has 320 valence electrons. The van der Waals surface area contributed by atoms with Gasteiger partial charge in [0.15, 0.2) is 0 Å². The van der Waals surface area contributed by atoms with E-state index in [0.29, 0.717) is 59.0 Å². The molecule has 3 saturated heterocycles. The first-order valence-corrected chi connectivity index (χ1v) is 21.5. The molecule has 0 spiro atoms. The van der Waals surface area contributed by atoms with Gasteiger partial charge in [-0.05, 0) is 67.6 Å². The first-order chi connectivity index (χ1) is 29.0. The maximum absolute atomic E-state index is 15.5. The average Bonchev–Trinajstić information content (AvgIpc) is 3.46. The number of piperidine rings is 2. The number of amides is 5. The standard InChI is InChI=1S/C45H48Cl2FN7O6/c1-44(2)42(45(3,4)43(44)61-28-7-5-26(23-49)32(46)20-28)51-38(57)29-8-6-27(19-33(29)47)53-13-11-25(12-14-53)24-52-15-17-54(18-16-52)36-22-31-30(21-34(36)48)40(59)55(41(31)60)35-9-10-37(56)50-39(35)58/h5-8,19-22,25,35,42-43H,9-18,24H2,1-4H3,(H,51,57)(H,50,56,58)/t35?,42-,43-. The fourth-order valence-electron chi connectivity index (χ4n) is 10.3. The summed E-state index contributed by atoms with van der Waals surface area (Å²) < 4.78 is 21.8. The number of carbonyl (C=O) groups is 5. The van der Waals surface area contributed by atoms with Crippen molar-refractivity contribution in [2.75, 3.05) is 55.6 Å². The summed E-state index contributed by atoms with van der Waals surface area (Å²) in [4.78, 5) is 71.6. The largest absolute Gasteiger partial charge is 0.489 e. The van der Waals surface area contributed by atoms with E-state index in [1.807, 2.05) is 17.0 Å². The van der Waals surface area contributed by atoms with Crippen LogP contribution < -0.4 is 25.2 Å². The van der Waals surface area contributed by atoms with Crippen molar-refractivity contribution >= 4 is 64.1 Å². The number of nitriles is 1. The first kappa shape index (κ1) is 42.5. The second kappa shape index (κ2) is 16.2. The summed E-state index contributed by atoms with van der Waals surface area (Å²) >= 11 is 13.0. The van der Waals surface area contributed by atoms with Gasteiger partial charge in [-0.25, -0.2) is 4.39 Å². The number of imide groups is 2. The lowest BCUT2D eigenvalue weighted by molar-refractivity contribution is -0.164. The number of carbonyl (C=O) groups excluding carboxylic acids is 5. The normalized spacial score (nSPS) is 23.9. The quantitative estimate of drug-likeness (QED) is 0.243. The third-order valence-corrected chi connectivity index (χ3v) is 14.0. The number of nitrogens with zero attached hydrogens (tertiary/aromatic N) is 5. The Morgan fingerprint density at radius 2 is 1.54 bits per heavy atom. The minimum Gasteiger partial charge on any atom is -0.489 e. The van der Waals surface area contributed by atoms with Gasteiger partial charge in [0.1, 0.15) is 29.8 Å². The zero-order valence-electron chi connectivity index (χ0n) is 34.5. The van der Waals surface area contributed by atoms with Gasteiger partial charge in [-0.3, -0.25) is 39.1 Å². The highest BCUT2D eigenvalue weighted by Crippen LogP contribution is 2.55. The van der Waals surface area contributed by atoms with E-state index < -0.39 is 46.3 Å². The molecule has 61 heavy (non-hydrogen) atoms. The third-order valence-electron chi connectivity index (χ3n) is 13.3. The molecule has 4 fully saturated rings. The maximum Gasteiger partial charge on any atom is 0.262 e. The molecule has 8 rings (SSSR count). The van der Waals surface area contributed by atoms with Gasteiger partial charge in [0.25, 0.3) is 17.7 Å². The Hall–Kier alpha value is -5.23. The number of rotatable bonds is 9. The van der Waals surface area contributed by atoms with E-state index in [0.717, 1.165) is 49.1 Å². The molecule has 1 aliphatic carbocycles. The van der Waals surface area contributed by atoms with Crippen molar-refractivity contribution in [3.05, 3.63) is 86.6 Å². The molecule has 5 aliphatic rings. The van der Waals surface area contributed by atoms with Crippen molar-refractivity contribution in [2.45, 2.75) is 71.6 Å². The topological polar surface area (TPSA) is 155 Å². The Morgan fingerprint density at radius 1 is 0.869 bits per heavy atom. The van der Waals surface area contributed by atoms with Crippen molar-refractivity contribution in [3.8, 4) is 11.8 Å². The number of ether oxygens (including phenoxy) is 1. The maximum atomic E-state index is 15.5. The van der Waals surface area contributed by atoms with Crippen LogP contribution in [0.25, 0.3) is 0 Å². The fraction of sp³-hybridized carbons (Fsp3) is 0.467. The van der Waals surface area contributed by atoms with Gasteiger partial charge in [0.05, 0.1) is 38.0 Å². The van der Waals surface area contributed by atoms with Crippen LogP contribution in [0.5, 0.6) is 5.75 Å². The Balaban J connectivity index is 0.814. The molecule has 1 unspecified atom stereocenters. The van der Waals surface area contributed by atoms with E-state index in [9.17, 15) is 29.2 Å². The summed E-state index contributed by atoms with van der Waals surface area (Å²) in [5.74, 6) is -2.36. The number of fused-ring (bicyclic) bond motifs is 1. The molecule has 3 aromatic rings. The molecular formula is C45H48Cl2FN7O6. The second-order valence-electron chi connectivity index (χ2n) is 18.0. The number of hydrogen-bond acceptors (Lipinski definition) is 10. The Bertz CT molecular complexity index is 2350. The molecule has 0 aromatic heterocycles. The molecule has 4 heterocycles. The van der Waals surface area contributed by atoms with Gasteiger partial charge in [-0.15, -0.1) is 0 Å². The van der Waals surface area contributed by atoms with Gasteiger partial charge < -0.3 is 19.9 Å². The molecule has 5 amide bonds. The second-order valence-corrected chi connectivity index (χ2v) is 18.8. The molecule has 3 aromatic carbocycles. The summed E-state index contributed by atoms with van der Waals surface area (Å²) in [5.41, 5.74) is 1.15. The molecule has 1 saturated carbocycles. The first-order valence-electron chi connectivity index (χ1n) is 20.7. The highest BCUT2D eigenvalue weighted by Gasteiger charge is 2.64. The van der Waals surface area contributed by atoms with Gasteiger partial charge in [0.2, 0.25) is 11.8 Å².